The predicted octanol–water partition coefficient (Wildman–Crippen LogP) is 4.08. The molecule has 1 heterocycles. The zero-order valence-corrected chi connectivity index (χ0v) is 13.0. The lowest BCUT2D eigenvalue weighted by Gasteiger charge is -2.41. The third-order valence-corrected chi connectivity index (χ3v) is 5.54. The SMILES string of the molecule is CC(=O)[C@@H]1[C@H]2CCCC[C@H]2C=C[C@H]1c1ccc2c(c1)OCO2. The van der Waals surface area contributed by atoms with E-state index in [9.17, 15) is 4.79 Å². The van der Waals surface area contributed by atoms with Crippen LogP contribution in [-0.2, 0) is 4.79 Å². The number of Topliss-reactive ketones (excluding diaryl/α,β-unsaturated/α-hetero) is 1. The number of carbonyl (C=O) groups is 1. The van der Waals surface area contributed by atoms with Crippen LogP contribution in [0.25, 0.3) is 0 Å². The molecule has 3 aliphatic rings. The zero-order valence-electron chi connectivity index (χ0n) is 13.0. The van der Waals surface area contributed by atoms with Gasteiger partial charge in [0.15, 0.2) is 11.5 Å². The van der Waals surface area contributed by atoms with Crippen LogP contribution in [0.3, 0.4) is 0 Å². The Morgan fingerprint density at radius 1 is 1.09 bits per heavy atom. The molecule has 0 aromatic heterocycles. The summed E-state index contributed by atoms with van der Waals surface area (Å²) in [5, 5.41) is 0. The van der Waals surface area contributed by atoms with Crippen LogP contribution in [0.2, 0.25) is 0 Å². The number of rotatable bonds is 2. The van der Waals surface area contributed by atoms with E-state index in [1.807, 2.05) is 6.07 Å². The Hall–Kier alpha value is -1.77. The molecule has 0 spiro atoms. The van der Waals surface area contributed by atoms with Crippen LogP contribution in [0, 0.1) is 17.8 Å². The van der Waals surface area contributed by atoms with Crippen molar-refractivity contribution >= 4 is 5.78 Å². The van der Waals surface area contributed by atoms with Gasteiger partial charge < -0.3 is 9.47 Å². The number of fused-ring (bicyclic) bond motifs is 2. The molecule has 1 aromatic rings. The molecule has 0 amide bonds. The van der Waals surface area contributed by atoms with Crippen molar-refractivity contribution in [2.45, 2.75) is 38.5 Å². The number of hydrogen-bond donors (Lipinski definition) is 0. The highest BCUT2D eigenvalue weighted by Gasteiger charge is 2.40. The van der Waals surface area contributed by atoms with Gasteiger partial charge in [0.05, 0.1) is 0 Å². The normalized spacial score (nSPS) is 32.6. The van der Waals surface area contributed by atoms with Crippen molar-refractivity contribution in [3.63, 3.8) is 0 Å². The van der Waals surface area contributed by atoms with Crippen molar-refractivity contribution in [3.05, 3.63) is 35.9 Å². The first-order chi connectivity index (χ1) is 10.7. The van der Waals surface area contributed by atoms with Crippen LogP contribution in [0.5, 0.6) is 11.5 Å². The summed E-state index contributed by atoms with van der Waals surface area (Å²) in [6.45, 7) is 2.05. The maximum atomic E-state index is 12.4. The van der Waals surface area contributed by atoms with Crippen LogP contribution < -0.4 is 9.47 Å². The van der Waals surface area contributed by atoms with Crippen molar-refractivity contribution in [2.75, 3.05) is 6.79 Å². The van der Waals surface area contributed by atoms with E-state index in [4.69, 9.17) is 9.47 Å². The fourth-order valence-electron chi connectivity index (χ4n) is 4.51. The number of ketones is 1. The van der Waals surface area contributed by atoms with E-state index < -0.39 is 0 Å². The van der Waals surface area contributed by atoms with Gasteiger partial charge in [-0.15, -0.1) is 0 Å². The van der Waals surface area contributed by atoms with Crippen molar-refractivity contribution in [2.24, 2.45) is 17.8 Å². The molecule has 4 rings (SSSR count). The van der Waals surface area contributed by atoms with E-state index in [1.54, 1.807) is 6.92 Å². The quantitative estimate of drug-likeness (QED) is 0.772. The minimum atomic E-state index is 0.107. The van der Waals surface area contributed by atoms with E-state index in [0.29, 0.717) is 24.4 Å². The second kappa shape index (κ2) is 5.45. The molecule has 1 aromatic carbocycles. The standard InChI is InChI=1S/C19H22O3/c1-12(20)19-15-5-3-2-4-13(15)6-8-16(19)14-7-9-17-18(10-14)22-11-21-17/h6-10,13,15-16,19H,2-5,11H2,1H3/t13-,15-,16-,19+/m0/s1. The number of hydrogen-bond acceptors (Lipinski definition) is 3. The van der Waals surface area contributed by atoms with Gasteiger partial charge in [0.2, 0.25) is 6.79 Å². The minimum absolute atomic E-state index is 0.107. The first-order valence-electron chi connectivity index (χ1n) is 8.32. The Morgan fingerprint density at radius 3 is 2.77 bits per heavy atom. The highest BCUT2D eigenvalue weighted by atomic mass is 16.7. The lowest BCUT2D eigenvalue weighted by molar-refractivity contribution is -0.124. The number of ether oxygens (including phenoxy) is 2. The van der Waals surface area contributed by atoms with Crippen molar-refractivity contribution in [1.82, 2.24) is 0 Å². The van der Waals surface area contributed by atoms with Gasteiger partial charge in [-0.1, -0.05) is 31.1 Å². The van der Waals surface area contributed by atoms with E-state index in [0.717, 1.165) is 11.5 Å². The molecule has 0 bridgehead atoms. The minimum Gasteiger partial charge on any atom is -0.454 e. The van der Waals surface area contributed by atoms with Gasteiger partial charge in [-0.2, -0.15) is 0 Å². The Labute approximate surface area is 131 Å². The lowest BCUT2D eigenvalue weighted by Crippen LogP contribution is -2.36. The molecular formula is C19H22O3. The van der Waals surface area contributed by atoms with E-state index in [1.165, 1.54) is 31.2 Å². The average Bonchev–Trinajstić information content (AvgIpc) is 3.01. The molecule has 3 heteroatoms. The maximum absolute atomic E-state index is 12.4. The molecule has 22 heavy (non-hydrogen) atoms. The molecule has 0 saturated heterocycles. The molecule has 116 valence electrons. The van der Waals surface area contributed by atoms with Gasteiger partial charge in [-0.3, -0.25) is 4.79 Å². The van der Waals surface area contributed by atoms with E-state index >= 15 is 0 Å². The van der Waals surface area contributed by atoms with Crippen molar-refractivity contribution in [1.29, 1.82) is 0 Å². The van der Waals surface area contributed by atoms with Crippen LogP contribution in [0.4, 0.5) is 0 Å². The van der Waals surface area contributed by atoms with Gasteiger partial charge in [0, 0.05) is 11.8 Å². The fraction of sp³-hybridized carbons (Fsp3) is 0.526. The summed E-state index contributed by atoms with van der Waals surface area (Å²) in [6.07, 6.45) is 9.59. The number of allylic oxidation sites excluding steroid dienone is 2. The molecule has 0 radical (unpaired) electrons. The fourth-order valence-corrected chi connectivity index (χ4v) is 4.51. The van der Waals surface area contributed by atoms with Crippen molar-refractivity contribution in [3.8, 4) is 11.5 Å². The van der Waals surface area contributed by atoms with Crippen LogP contribution >= 0.6 is 0 Å². The second-order valence-electron chi connectivity index (χ2n) is 6.77. The highest BCUT2D eigenvalue weighted by Crippen LogP contribution is 2.48. The van der Waals surface area contributed by atoms with E-state index in [2.05, 4.69) is 24.3 Å². The summed E-state index contributed by atoms with van der Waals surface area (Å²) in [7, 11) is 0. The Bertz CT molecular complexity index is 619. The first kappa shape index (κ1) is 13.9. The molecule has 0 N–H and O–H groups in total. The van der Waals surface area contributed by atoms with Crippen LogP contribution in [0.15, 0.2) is 30.4 Å². The summed E-state index contributed by atoms with van der Waals surface area (Å²) in [4.78, 5) is 12.4. The van der Waals surface area contributed by atoms with Gasteiger partial charge in [0.1, 0.15) is 5.78 Å². The third kappa shape index (κ3) is 2.23. The summed E-state index contributed by atoms with van der Waals surface area (Å²) >= 11 is 0. The molecule has 0 unspecified atom stereocenters. The maximum Gasteiger partial charge on any atom is 0.231 e. The Morgan fingerprint density at radius 2 is 1.91 bits per heavy atom. The summed E-state index contributed by atoms with van der Waals surface area (Å²) in [5.41, 5.74) is 1.17. The molecule has 4 atom stereocenters. The van der Waals surface area contributed by atoms with Crippen LogP contribution in [0.1, 0.15) is 44.1 Å². The molecule has 3 nitrogen and oxygen atoms in total. The van der Waals surface area contributed by atoms with Gasteiger partial charge in [-0.05, 0) is 49.3 Å². The molecule has 2 aliphatic carbocycles. The summed E-state index contributed by atoms with van der Waals surface area (Å²) in [6, 6.07) is 6.10. The third-order valence-electron chi connectivity index (χ3n) is 5.54. The summed E-state index contributed by atoms with van der Waals surface area (Å²) < 4.78 is 10.9. The van der Waals surface area contributed by atoms with Crippen LogP contribution in [-0.4, -0.2) is 12.6 Å². The van der Waals surface area contributed by atoms with Gasteiger partial charge >= 0.3 is 0 Å². The number of carbonyl (C=O) groups excluding carboxylic acids is 1. The summed E-state index contributed by atoms with van der Waals surface area (Å²) in [5.74, 6) is 3.31. The average molecular weight is 298 g/mol. The second-order valence-corrected chi connectivity index (χ2v) is 6.77. The highest BCUT2D eigenvalue weighted by molar-refractivity contribution is 5.80. The van der Waals surface area contributed by atoms with Gasteiger partial charge in [0.25, 0.3) is 0 Å². The Kier molecular flexibility index (Phi) is 3.44. The monoisotopic (exact) mass is 298 g/mol. The zero-order chi connectivity index (χ0) is 15.1. The lowest BCUT2D eigenvalue weighted by atomic mass is 9.62. The molecule has 1 saturated carbocycles. The van der Waals surface area contributed by atoms with Crippen molar-refractivity contribution < 1.29 is 14.3 Å². The topological polar surface area (TPSA) is 35.5 Å². The largest absolute Gasteiger partial charge is 0.454 e. The van der Waals surface area contributed by atoms with Gasteiger partial charge in [-0.25, -0.2) is 0 Å². The Balaban J connectivity index is 1.71. The number of benzene rings is 1. The smallest absolute Gasteiger partial charge is 0.231 e. The molecule has 1 fully saturated rings. The molecule has 1 aliphatic heterocycles. The first-order valence-corrected chi connectivity index (χ1v) is 8.32. The molecular weight excluding hydrogens is 276 g/mol. The van der Waals surface area contributed by atoms with E-state index in [-0.39, 0.29) is 11.8 Å². The predicted molar refractivity (Wildman–Crippen MR) is 84.1 cm³/mol.